The maximum absolute atomic E-state index is 10.5. The van der Waals surface area contributed by atoms with Gasteiger partial charge in [0, 0.05) is 0 Å². The quantitative estimate of drug-likeness (QED) is 0.563. The van der Waals surface area contributed by atoms with Gasteiger partial charge in [0.05, 0.1) is 0 Å². The fourth-order valence-electron chi connectivity index (χ4n) is 1.36. The number of carboxylic acids is 1. The Morgan fingerprint density at radius 3 is 2.31 bits per heavy atom. The number of hydrogen-bond donors (Lipinski definition) is 3. The zero-order chi connectivity index (χ0) is 10.4. The third-order valence-corrected chi connectivity index (χ3v) is 2.35. The minimum Gasteiger partial charge on any atom is -0.480 e. The summed E-state index contributed by atoms with van der Waals surface area (Å²) in [5.74, 6) is -0.173. The van der Waals surface area contributed by atoms with Crippen molar-refractivity contribution in [3.05, 3.63) is 0 Å². The topological polar surface area (TPSA) is 89.3 Å². The van der Waals surface area contributed by atoms with Crippen LogP contribution < -0.4 is 11.5 Å². The predicted molar refractivity (Wildman–Crippen MR) is 52.2 cm³/mol. The van der Waals surface area contributed by atoms with Crippen molar-refractivity contribution >= 4 is 5.97 Å². The van der Waals surface area contributed by atoms with Gasteiger partial charge in [-0.1, -0.05) is 13.8 Å². The average molecular weight is 188 g/mol. The highest BCUT2D eigenvalue weighted by Gasteiger charge is 2.20. The van der Waals surface area contributed by atoms with E-state index in [1.54, 1.807) is 0 Å². The number of rotatable bonds is 6. The highest BCUT2D eigenvalue weighted by atomic mass is 16.4. The lowest BCUT2D eigenvalue weighted by Crippen LogP contribution is -2.34. The molecule has 0 radical (unpaired) electrons. The van der Waals surface area contributed by atoms with E-state index in [9.17, 15) is 4.79 Å². The van der Waals surface area contributed by atoms with Crippen molar-refractivity contribution in [1.82, 2.24) is 0 Å². The van der Waals surface area contributed by atoms with Gasteiger partial charge in [-0.15, -0.1) is 0 Å². The van der Waals surface area contributed by atoms with Crippen molar-refractivity contribution in [2.45, 2.75) is 32.7 Å². The Morgan fingerprint density at radius 2 is 2.00 bits per heavy atom. The molecule has 0 aliphatic rings. The second-order valence-electron chi connectivity index (χ2n) is 3.76. The fourth-order valence-corrected chi connectivity index (χ4v) is 1.36. The Hall–Kier alpha value is -0.610. The lowest BCUT2D eigenvalue weighted by molar-refractivity contribution is -0.139. The molecule has 0 aliphatic heterocycles. The van der Waals surface area contributed by atoms with Gasteiger partial charge in [-0.3, -0.25) is 4.79 Å². The summed E-state index contributed by atoms with van der Waals surface area (Å²) in [4.78, 5) is 10.5. The summed E-state index contributed by atoms with van der Waals surface area (Å²) in [6.45, 7) is 4.72. The summed E-state index contributed by atoms with van der Waals surface area (Å²) in [6, 6.07) is -0.751. The zero-order valence-corrected chi connectivity index (χ0v) is 8.36. The van der Waals surface area contributed by atoms with Gasteiger partial charge >= 0.3 is 5.97 Å². The van der Waals surface area contributed by atoms with Crippen LogP contribution in [0.5, 0.6) is 0 Å². The van der Waals surface area contributed by atoms with Crippen LogP contribution in [0.25, 0.3) is 0 Å². The third-order valence-electron chi connectivity index (χ3n) is 2.35. The molecule has 0 saturated heterocycles. The molecule has 4 heteroatoms. The molecule has 0 saturated carbocycles. The molecule has 5 N–H and O–H groups in total. The molecular formula is C9H20N2O2. The largest absolute Gasteiger partial charge is 0.480 e. The lowest BCUT2D eigenvalue weighted by atomic mass is 9.87. The molecule has 0 aromatic heterocycles. The van der Waals surface area contributed by atoms with Crippen LogP contribution in [0.2, 0.25) is 0 Å². The zero-order valence-electron chi connectivity index (χ0n) is 8.36. The van der Waals surface area contributed by atoms with Gasteiger partial charge in [0.2, 0.25) is 0 Å². The van der Waals surface area contributed by atoms with Crippen LogP contribution in [0.1, 0.15) is 26.7 Å². The normalized spacial score (nSPS) is 15.8. The summed E-state index contributed by atoms with van der Waals surface area (Å²) in [7, 11) is 0. The van der Waals surface area contributed by atoms with Crippen LogP contribution in [0, 0.1) is 11.8 Å². The van der Waals surface area contributed by atoms with E-state index < -0.39 is 12.0 Å². The molecule has 2 unspecified atom stereocenters. The van der Waals surface area contributed by atoms with Crippen LogP contribution in [-0.4, -0.2) is 23.7 Å². The van der Waals surface area contributed by atoms with Gasteiger partial charge in [0.1, 0.15) is 6.04 Å². The van der Waals surface area contributed by atoms with Gasteiger partial charge < -0.3 is 16.6 Å². The Labute approximate surface area is 79.3 Å². The number of aliphatic carboxylic acids is 1. The average Bonchev–Trinajstić information content (AvgIpc) is 2.03. The molecule has 0 spiro atoms. The van der Waals surface area contributed by atoms with Crippen molar-refractivity contribution in [1.29, 1.82) is 0 Å². The first-order valence-corrected chi connectivity index (χ1v) is 4.67. The number of nitrogens with two attached hydrogens (primary N) is 2. The maximum atomic E-state index is 10.5. The first-order chi connectivity index (χ1) is 5.99. The highest BCUT2D eigenvalue weighted by molar-refractivity contribution is 5.73. The summed E-state index contributed by atoms with van der Waals surface area (Å²) >= 11 is 0. The van der Waals surface area contributed by atoms with Crippen LogP contribution in [0.15, 0.2) is 0 Å². The molecule has 13 heavy (non-hydrogen) atoms. The van der Waals surface area contributed by atoms with Gasteiger partial charge in [-0.25, -0.2) is 0 Å². The summed E-state index contributed by atoms with van der Waals surface area (Å²) in [5.41, 5.74) is 10.9. The standard InChI is InChI=1S/C9H20N2O2/c1-6(2)7(3-4-10)5-8(11)9(12)13/h6-8H,3-5,10-11H2,1-2H3,(H,12,13). The predicted octanol–water partition coefficient (Wildman–Crippen LogP) is 0.409. The molecule has 2 atom stereocenters. The molecular weight excluding hydrogens is 168 g/mol. The van der Waals surface area contributed by atoms with Gasteiger partial charge in [0.15, 0.2) is 0 Å². The first kappa shape index (κ1) is 12.4. The van der Waals surface area contributed by atoms with Crippen molar-refractivity contribution in [2.75, 3.05) is 6.54 Å². The molecule has 0 aliphatic carbocycles. The highest BCUT2D eigenvalue weighted by Crippen LogP contribution is 2.19. The van der Waals surface area contributed by atoms with Gasteiger partial charge in [-0.05, 0) is 31.2 Å². The molecule has 0 heterocycles. The molecule has 0 aromatic carbocycles. The smallest absolute Gasteiger partial charge is 0.320 e. The maximum Gasteiger partial charge on any atom is 0.320 e. The second-order valence-corrected chi connectivity index (χ2v) is 3.76. The molecule has 0 rings (SSSR count). The van der Waals surface area contributed by atoms with Crippen molar-refractivity contribution in [2.24, 2.45) is 23.3 Å². The van der Waals surface area contributed by atoms with Crippen molar-refractivity contribution in [3.63, 3.8) is 0 Å². The van der Waals surface area contributed by atoms with Crippen LogP contribution in [0.3, 0.4) is 0 Å². The van der Waals surface area contributed by atoms with Crippen LogP contribution in [0.4, 0.5) is 0 Å². The van der Waals surface area contributed by atoms with Crippen molar-refractivity contribution in [3.8, 4) is 0 Å². The van der Waals surface area contributed by atoms with E-state index in [1.165, 1.54) is 0 Å². The molecule has 4 nitrogen and oxygen atoms in total. The monoisotopic (exact) mass is 188 g/mol. The van der Waals surface area contributed by atoms with E-state index >= 15 is 0 Å². The van der Waals surface area contributed by atoms with E-state index in [-0.39, 0.29) is 0 Å². The Morgan fingerprint density at radius 1 is 1.46 bits per heavy atom. The van der Waals surface area contributed by atoms with E-state index in [2.05, 4.69) is 13.8 Å². The molecule has 0 fully saturated rings. The summed E-state index contributed by atoms with van der Waals surface area (Å²) in [5, 5.41) is 8.62. The Balaban J connectivity index is 4.01. The number of carbonyl (C=O) groups is 1. The number of carboxylic acid groups (broad SMARTS) is 1. The van der Waals surface area contributed by atoms with Gasteiger partial charge in [0.25, 0.3) is 0 Å². The SMILES string of the molecule is CC(C)C(CCN)CC(N)C(=O)O. The van der Waals surface area contributed by atoms with Gasteiger partial charge in [-0.2, -0.15) is 0 Å². The molecule has 0 aromatic rings. The molecule has 0 amide bonds. The van der Waals surface area contributed by atoms with E-state index in [0.717, 1.165) is 6.42 Å². The minimum atomic E-state index is -0.928. The lowest BCUT2D eigenvalue weighted by Gasteiger charge is -2.21. The summed E-state index contributed by atoms with van der Waals surface area (Å²) in [6.07, 6.45) is 1.36. The second kappa shape index (κ2) is 5.94. The van der Waals surface area contributed by atoms with E-state index in [0.29, 0.717) is 24.8 Å². The third kappa shape index (κ3) is 4.85. The fraction of sp³-hybridized carbons (Fsp3) is 0.889. The Kier molecular flexibility index (Phi) is 5.66. The number of hydrogen-bond acceptors (Lipinski definition) is 3. The summed E-state index contributed by atoms with van der Waals surface area (Å²) < 4.78 is 0. The Bertz CT molecular complexity index is 160. The van der Waals surface area contributed by atoms with Crippen molar-refractivity contribution < 1.29 is 9.90 Å². The molecule has 78 valence electrons. The first-order valence-electron chi connectivity index (χ1n) is 4.67. The molecule has 0 bridgehead atoms. The van der Waals surface area contributed by atoms with Crippen LogP contribution >= 0.6 is 0 Å². The minimum absolute atomic E-state index is 0.316. The van der Waals surface area contributed by atoms with Crippen LogP contribution in [-0.2, 0) is 4.79 Å². The van der Waals surface area contributed by atoms with E-state index in [1.807, 2.05) is 0 Å². The van der Waals surface area contributed by atoms with E-state index in [4.69, 9.17) is 16.6 Å².